The van der Waals surface area contributed by atoms with E-state index < -0.39 is 10.0 Å². The lowest BCUT2D eigenvalue weighted by Gasteiger charge is -2.22. The molecular weight excluding hydrogens is 386 g/mol. The summed E-state index contributed by atoms with van der Waals surface area (Å²) in [6, 6.07) is 12.1. The molecule has 0 aliphatic rings. The van der Waals surface area contributed by atoms with Crippen LogP contribution in [0.15, 0.2) is 47.4 Å². The molecule has 2 atom stereocenters. The second-order valence-corrected chi connectivity index (χ2v) is 9.68. The Morgan fingerprint density at radius 3 is 2.21 bits per heavy atom. The van der Waals surface area contributed by atoms with Gasteiger partial charge in [0.05, 0.1) is 11.9 Å². The topological polar surface area (TPSA) is 79.7 Å². The molecule has 3 N–H and O–H groups in total. The minimum atomic E-state index is -3.54. The lowest BCUT2D eigenvalue weighted by atomic mass is 10.0. The van der Waals surface area contributed by atoms with Gasteiger partial charge in [-0.15, -0.1) is 0 Å². The smallest absolute Gasteiger partial charge is 0.282 e. The van der Waals surface area contributed by atoms with E-state index in [0.717, 1.165) is 11.4 Å². The summed E-state index contributed by atoms with van der Waals surface area (Å²) in [5, 5.41) is 2.88. The number of aryl methyl sites for hydroxylation is 2. The van der Waals surface area contributed by atoms with Crippen LogP contribution < -0.4 is 14.9 Å². The Morgan fingerprint density at radius 1 is 1.03 bits per heavy atom. The molecule has 0 aliphatic heterocycles. The number of quaternary nitrogens is 1. The zero-order valence-corrected chi connectivity index (χ0v) is 18.9. The first-order chi connectivity index (χ1) is 13.5. The highest BCUT2D eigenvalue weighted by Gasteiger charge is 2.23. The van der Waals surface area contributed by atoms with E-state index in [9.17, 15) is 13.2 Å². The van der Waals surface area contributed by atoms with Crippen LogP contribution in [0, 0.1) is 13.8 Å². The lowest BCUT2D eigenvalue weighted by Crippen LogP contribution is -3.12. The highest BCUT2D eigenvalue weighted by molar-refractivity contribution is 7.89. The van der Waals surface area contributed by atoms with Gasteiger partial charge in [-0.1, -0.05) is 23.8 Å². The third-order valence-corrected chi connectivity index (χ3v) is 6.60. The number of likely N-dealkylation sites (N-methyl/N-ethyl adjacent to an activating group) is 1. The van der Waals surface area contributed by atoms with Gasteiger partial charge in [0, 0.05) is 17.3 Å². The van der Waals surface area contributed by atoms with E-state index in [2.05, 4.69) is 42.1 Å². The molecule has 0 spiro atoms. The van der Waals surface area contributed by atoms with Crippen molar-refractivity contribution in [3.8, 4) is 0 Å². The molecule has 0 saturated heterocycles. The lowest BCUT2D eigenvalue weighted by molar-refractivity contribution is -0.907. The van der Waals surface area contributed by atoms with E-state index in [-0.39, 0.29) is 22.9 Å². The Labute approximate surface area is 174 Å². The molecule has 0 aromatic heterocycles. The number of amides is 1. The summed E-state index contributed by atoms with van der Waals surface area (Å²) in [5.41, 5.74) is 4.25. The van der Waals surface area contributed by atoms with Gasteiger partial charge in [-0.2, -0.15) is 0 Å². The van der Waals surface area contributed by atoms with Gasteiger partial charge in [0.2, 0.25) is 10.0 Å². The molecule has 2 aromatic rings. The fourth-order valence-electron chi connectivity index (χ4n) is 3.07. The normalized spacial score (nSPS) is 13.9. The molecule has 0 bridgehead atoms. The molecule has 0 saturated carbocycles. The molecule has 29 heavy (non-hydrogen) atoms. The zero-order chi connectivity index (χ0) is 21.8. The van der Waals surface area contributed by atoms with Crippen LogP contribution >= 0.6 is 0 Å². The molecule has 0 aliphatic carbocycles. The molecule has 158 valence electrons. The van der Waals surface area contributed by atoms with E-state index >= 15 is 0 Å². The number of carbonyl (C=O) groups excluding carboxylic acids is 1. The maximum absolute atomic E-state index is 12.6. The van der Waals surface area contributed by atoms with E-state index in [4.69, 9.17) is 0 Å². The van der Waals surface area contributed by atoms with Crippen molar-refractivity contribution < 1.29 is 18.1 Å². The number of sulfonamides is 1. The molecule has 0 fully saturated rings. The fraction of sp³-hybridized carbons (Fsp3) is 0.409. The summed E-state index contributed by atoms with van der Waals surface area (Å²) in [7, 11) is -1.55. The van der Waals surface area contributed by atoms with Crippen LogP contribution in [-0.4, -0.2) is 33.5 Å². The Morgan fingerprint density at radius 2 is 1.66 bits per heavy atom. The maximum atomic E-state index is 12.6. The molecule has 1 amide bonds. The number of anilines is 1. The molecule has 2 rings (SSSR count). The third-order valence-electron chi connectivity index (χ3n) is 4.92. The van der Waals surface area contributed by atoms with Crippen LogP contribution in [0.5, 0.6) is 0 Å². The van der Waals surface area contributed by atoms with Crippen molar-refractivity contribution in [2.24, 2.45) is 0 Å². The number of hydrogen-bond donors (Lipinski definition) is 3. The van der Waals surface area contributed by atoms with E-state index in [0.29, 0.717) is 5.69 Å². The highest BCUT2D eigenvalue weighted by Crippen LogP contribution is 2.15. The SMILES string of the molecule is Cc1ccc(C[NH+](C)[C@@H](C)C(=O)Nc2ccc(S(=O)(=O)NC(C)C)cc2)c(C)c1. The summed E-state index contributed by atoms with van der Waals surface area (Å²) in [5.74, 6) is -0.108. The molecule has 0 radical (unpaired) electrons. The first-order valence-corrected chi connectivity index (χ1v) is 11.3. The maximum Gasteiger partial charge on any atom is 0.282 e. The predicted molar refractivity (Wildman–Crippen MR) is 116 cm³/mol. The number of benzene rings is 2. The molecule has 1 unspecified atom stereocenters. The molecule has 6 nitrogen and oxygen atoms in total. The van der Waals surface area contributed by atoms with E-state index in [1.54, 1.807) is 26.0 Å². The largest absolute Gasteiger partial charge is 0.324 e. The standard InChI is InChI=1S/C22H31N3O3S/c1-15(2)24-29(27,28)21-11-9-20(10-12-21)23-22(26)18(5)25(6)14-19-8-7-16(3)13-17(19)4/h7-13,15,18,24H,14H2,1-6H3,(H,23,26)/p+1/t18-/m0/s1. The highest BCUT2D eigenvalue weighted by atomic mass is 32.2. The average molecular weight is 419 g/mol. The van der Waals surface area contributed by atoms with Crippen molar-refractivity contribution in [2.45, 2.75) is 58.1 Å². The van der Waals surface area contributed by atoms with Crippen molar-refractivity contribution in [2.75, 3.05) is 12.4 Å². The van der Waals surface area contributed by atoms with Gasteiger partial charge in [0.1, 0.15) is 6.54 Å². The van der Waals surface area contributed by atoms with Gasteiger partial charge in [-0.05, 0) is 64.4 Å². The van der Waals surface area contributed by atoms with Crippen LogP contribution in [0.4, 0.5) is 5.69 Å². The molecule has 2 aromatic carbocycles. The molecule has 0 heterocycles. The van der Waals surface area contributed by atoms with Gasteiger partial charge in [0.25, 0.3) is 5.91 Å². The summed E-state index contributed by atoms with van der Waals surface area (Å²) in [6.07, 6.45) is 0. The molecule has 7 heteroatoms. The van der Waals surface area contributed by atoms with Crippen LogP contribution in [0.1, 0.15) is 37.5 Å². The Kier molecular flexibility index (Phi) is 7.57. The zero-order valence-electron chi connectivity index (χ0n) is 18.0. The van der Waals surface area contributed by atoms with Crippen molar-refractivity contribution in [1.82, 2.24) is 4.72 Å². The minimum absolute atomic E-state index is 0.108. The Hall–Kier alpha value is -2.22. The quantitative estimate of drug-likeness (QED) is 0.614. The first kappa shape index (κ1) is 23.1. The Balaban J connectivity index is 2.01. The molecular formula is C22H32N3O3S+. The van der Waals surface area contributed by atoms with Crippen molar-refractivity contribution >= 4 is 21.6 Å². The second kappa shape index (κ2) is 9.52. The van der Waals surface area contributed by atoms with Gasteiger partial charge in [-0.3, -0.25) is 4.79 Å². The van der Waals surface area contributed by atoms with Crippen LogP contribution in [-0.2, 0) is 21.4 Å². The predicted octanol–water partition coefficient (Wildman–Crippen LogP) is 2.03. The second-order valence-electron chi connectivity index (χ2n) is 7.96. The van der Waals surface area contributed by atoms with E-state index in [1.807, 2.05) is 14.0 Å². The Bertz CT molecular complexity index is 954. The number of hydrogen-bond acceptors (Lipinski definition) is 3. The van der Waals surface area contributed by atoms with Crippen molar-refractivity contribution in [3.63, 3.8) is 0 Å². The third kappa shape index (κ3) is 6.39. The summed E-state index contributed by atoms with van der Waals surface area (Å²) in [4.78, 5) is 13.9. The van der Waals surface area contributed by atoms with Gasteiger partial charge in [0.15, 0.2) is 6.04 Å². The van der Waals surface area contributed by atoms with Gasteiger partial charge in [-0.25, -0.2) is 13.1 Å². The average Bonchev–Trinajstić information content (AvgIpc) is 2.62. The number of nitrogens with one attached hydrogen (secondary N) is 3. The van der Waals surface area contributed by atoms with Crippen molar-refractivity contribution in [1.29, 1.82) is 0 Å². The van der Waals surface area contributed by atoms with Crippen molar-refractivity contribution in [3.05, 3.63) is 59.2 Å². The summed E-state index contributed by atoms with van der Waals surface area (Å²) in [6.45, 7) is 10.3. The van der Waals surface area contributed by atoms with Crippen LogP contribution in [0.25, 0.3) is 0 Å². The van der Waals surface area contributed by atoms with Gasteiger partial charge < -0.3 is 10.2 Å². The van der Waals surface area contributed by atoms with E-state index in [1.165, 1.54) is 28.8 Å². The first-order valence-electron chi connectivity index (χ1n) is 9.81. The minimum Gasteiger partial charge on any atom is -0.324 e. The van der Waals surface area contributed by atoms with Gasteiger partial charge >= 0.3 is 0 Å². The number of rotatable bonds is 8. The van der Waals surface area contributed by atoms with Crippen LogP contribution in [0.2, 0.25) is 0 Å². The number of carbonyl (C=O) groups is 1. The fourth-order valence-corrected chi connectivity index (χ4v) is 4.32. The summed E-state index contributed by atoms with van der Waals surface area (Å²) < 4.78 is 26.9. The summed E-state index contributed by atoms with van der Waals surface area (Å²) >= 11 is 0. The van der Waals surface area contributed by atoms with Crippen LogP contribution in [0.3, 0.4) is 0 Å². The monoisotopic (exact) mass is 418 g/mol.